The van der Waals surface area contributed by atoms with E-state index in [1.165, 1.54) is 6.07 Å². The second-order valence-corrected chi connectivity index (χ2v) is 9.37. The van der Waals surface area contributed by atoms with Crippen LogP contribution in [-0.2, 0) is 14.4 Å². The Hall–Kier alpha value is -2.97. The molecule has 1 N–H and O–H groups in total. The maximum Gasteiger partial charge on any atom is 0.274 e. The van der Waals surface area contributed by atoms with Crippen molar-refractivity contribution in [2.24, 2.45) is 11.8 Å². The number of hydrogen-bond donors (Lipinski definition) is 1. The molecule has 168 valence electrons. The lowest BCUT2D eigenvalue weighted by Gasteiger charge is -2.34. The smallest absolute Gasteiger partial charge is 0.274 e. The van der Waals surface area contributed by atoms with Crippen LogP contribution >= 0.6 is 0 Å². The van der Waals surface area contributed by atoms with Gasteiger partial charge in [0.25, 0.3) is 5.69 Å². The number of benzene rings is 1. The standard InChI is InChI=1S/C22H30N4O5/c1-14-17(6-5-7-18(14)26(30)31)23-20(28)15-8-10-24(11-9-15)21(29)16-12-19(27)25(13-16)22(2,3)4/h5-7,15-16H,8-13H2,1-4H3,(H,23,28). The second-order valence-electron chi connectivity index (χ2n) is 9.37. The van der Waals surface area contributed by atoms with Crippen molar-refractivity contribution in [3.63, 3.8) is 0 Å². The summed E-state index contributed by atoms with van der Waals surface area (Å²) >= 11 is 0. The van der Waals surface area contributed by atoms with Crippen LogP contribution in [0.25, 0.3) is 0 Å². The van der Waals surface area contributed by atoms with Crippen LogP contribution in [-0.4, -0.2) is 57.6 Å². The largest absolute Gasteiger partial charge is 0.342 e. The highest BCUT2D eigenvalue weighted by molar-refractivity contribution is 5.94. The van der Waals surface area contributed by atoms with Gasteiger partial charge in [0, 0.05) is 43.6 Å². The first kappa shape index (κ1) is 22.7. The third kappa shape index (κ3) is 4.86. The van der Waals surface area contributed by atoms with Crippen molar-refractivity contribution in [2.45, 2.75) is 52.5 Å². The summed E-state index contributed by atoms with van der Waals surface area (Å²) in [5, 5.41) is 13.9. The molecule has 1 aromatic rings. The number of piperidine rings is 1. The molecule has 0 bridgehead atoms. The monoisotopic (exact) mass is 430 g/mol. The van der Waals surface area contributed by atoms with E-state index in [1.54, 1.807) is 28.9 Å². The van der Waals surface area contributed by atoms with Gasteiger partial charge >= 0.3 is 0 Å². The summed E-state index contributed by atoms with van der Waals surface area (Å²) in [4.78, 5) is 52.0. The van der Waals surface area contributed by atoms with Gasteiger partial charge in [-0.2, -0.15) is 0 Å². The van der Waals surface area contributed by atoms with E-state index in [0.29, 0.717) is 43.7 Å². The Morgan fingerprint density at radius 2 is 1.81 bits per heavy atom. The van der Waals surface area contributed by atoms with Crippen molar-refractivity contribution in [2.75, 3.05) is 25.0 Å². The molecule has 2 heterocycles. The van der Waals surface area contributed by atoms with Crippen LogP contribution in [0.2, 0.25) is 0 Å². The van der Waals surface area contributed by atoms with Crippen LogP contribution in [0.4, 0.5) is 11.4 Å². The lowest BCUT2D eigenvalue weighted by atomic mass is 9.94. The molecule has 31 heavy (non-hydrogen) atoms. The summed E-state index contributed by atoms with van der Waals surface area (Å²) < 4.78 is 0. The summed E-state index contributed by atoms with van der Waals surface area (Å²) in [7, 11) is 0. The summed E-state index contributed by atoms with van der Waals surface area (Å²) in [6.07, 6.45) is 1.28. The summed E-state index contributed by atoms with van der Waals surface area (Å²) in [5.74, 6) is -0.796. The molecule has 9 heteroatoms. The van der Waals surface area contributed by atoms with Gasteiger partial charge in [0.1, 0.15) is 0 Å². The SMILES string of the molecule is Cc1c(NC(=O)C2CCN(C(=O)C3CC(=O)N(C(C)(C)C)C3)CC2)cccc1[N+](=O)[O-]. The van der Waals surface area contributed by atoms with Gasteiger partial charge in [-0.05, 0) is 46.6 Å². The number of carbonyl (C=O) groups excluding carboxylic acids is 3. The number of likely N-dealkylation sites (tertiary alicyclic amines) is 2. The quantitative estimate of drug-likeness (QED) is 0.583. The number of nitrogens with one attached hydrogen (secondary N) is 1. The fourth-order valence-corrected chi connectivity index (χ4v) is 4.33. The maximum absolute atomic E-state index is 12.9. The fraction of sp³-hybridized carbons (Fsp3) is 0.591. The van der Waals surface area contributed by atoms with Crippen LogP contribution in [0.15, 0.2) is 18.2 Å². The molecular weight excluding hydrogens is 400 g/mol. The van der Waals surface area contributed by atoms with Crippen molar-refractivity contribution < 1.29 is 19.3 Å². The molecule has 0 radical (unpaired) electrons. The molecule has 9 nitrogen and oxygen atoms in total. The molecule has 2 saturated heterocycles. The number of nitro benzene ring substituents is 1. The Morgan fingerprint density at radius 3 is 2.35 bits per heavy atom. The predicted molar refractivity (Wildman–Crippen MR) is 115 cm³/mol. The van der Waals surface area contributed by atoms with Crippen LogP contribution in [0, 0.1) is 28.9 Å². The normalized spacial score (nSPS) is 20.1. The molecule has 3 amide bonds. The van der Waals surface area contributed by atoms with Crippen LogP contribution in [0.1, 0.15) is 45.6 Å². The van der Waals surface area contributed by atoms with Crippen LogP contribution in [0.5, 0.6) is 0 Å². The van der Waals surface area contributed by atoms with Crippen molar-refractivity contribution in [3.05, 3.63) is 33.9 Å². The first-order valence-corrected chi connectivity index (χ1v) is 10.6. The molecule has 1 unspecified atom stereocenters. The number of anilines is 1. The van der Waals surface area contributed by atoms with Crippen LogP contribution in [0.3, 0.4) is 0 Å². The average Bonchev–Trinajstić information content (AvgIpc) is 3.11. The Kier molecular flexibility index (Phi) is 6.33. The molecule has 2 fully saturated rings. The highest BCUT2D eigenvalue weighted by Crippen LogP contribution is 2.30. The Balaban J connectivity index is 1.56. The molecule has 2 aliphatic heterocycles. The number of nitrogens with zero attached hydrogens (tertiary/aromatic N) is 3. The van der Waals surface area contributed by atoms with E-state index in [1.807, 2.05) is 20.8 Å². The average molecular weight is 431 g/mol. The Morgan fingerprint density at radius 1 is 1.16 bits per heavy atom. The lowest BCUT2D eigenvalue weighted by molar-refractivity contribution is -0.385. The molecule has 3 rings (SSSR count). The zero-order valence-corrected chi connectivity index (χ0v) is 18.5. The molecule has 0 aromatic heterocycles. The number of nitro groups is 1. The van der Waals surface area contributed by atoms with Gasteiger partial charge in [0.15, 0.2) is 0 Å². The topological polar surface area (TPSA) is 113 Å². The molecule has 2 aliphatic rings. The Bertz CT molecular complexity index is 900. The minimum absolute atomic E-state index is 0.00689. The van der Waals surface area contributed by atoms with Crippen molar-refractivity contribution in [1.82, 2.24) is 9.80 Å². The zero-order chi connectivity index (χ0) is 22.9. The summed E-state index contributed by atoms with van der Waals surface area (Å²) in [6.45, 7) is 8.86. The molecule has 0 saturated carbocycles. The Labute approximate surface area is 181 Å². The number of rotatable bonds is 4. The molecule has 1 atom stereocenters. The highest BCUT2D eigenvalue weighted by atomic mass is 16.6. The van der Waals surface area contributed by atoms with Gasteiger partial charge in [0.2, 0.25) is 17.7 Å². The van der Waals surface area contributed by atoms with Crippen molar-refractivity contribution in [3.8, 4) is 0 Å². The third-order valence-electron chi connectivity index (χ3n) is 6.22. The van der Waals surface area contributed by atoms with Gasteiger partial charge in [-0.1, -0.05) is 6.07 Å². The summed E-state index contributed by atoms with van der Waals surface area (Å²) in [5.41, 5.74) is 0.516. The molecule has 0 aliphatic carbocycles. The fourth-order valence-electron chi connectivity index (χ4n) is 4.33. The van der Waals surface area contributed by atoms with E-state index in [2.05, 4.69) is 5.32 Å². The molecular formula is C22H30N4O5. The highest BCUT2D eigenvalue weighted by Gasteiger charge is 2.41. The van der Waals surface area contributed by atoms with E-state index in [4.69, 9.17) is 0 Å². The van der Waals surface area contributed by atoms with Crippen molar-refractivity contribution >= 4 is 29.1 Å². The van der Waals surface area contributed by atoms with Gasteiger partial charge < -0.3 is 15.1 Å². The van der Waals surface area contributed by atoms with Crippen LogP contribution < -0.4 is 5.32 Å². The molecule has 1 aromatic carbocycles. The number of carbonyl (C=O) groups is 3. The summed E-state index contributed by atoms with van der Waals surface area (Å²) in [6, 6.07) is 4.60. The van der Waals surface area contributed by atoms with E-state index in [9.17, 15) is 24.5 Å². The minimum Gasteiger partial charge on any atom is -0.342 e. The first-order valence-electron chi connectivity index (χ1n) is 10.6. The molecule has 0 spiro atoms. The van der Waals surface area contributed by atoms with Crippen molar-refractivity contribution in [1.29, 1.82) is 0 Å². The number of amides is 3. The first-order chi connectivity index (χ1) is 14.5. The van der Waals surface area contributed by atoms with E-state index in [-0.39, 0.29) is 47.2 Å². The number of hydrogen-bond acceptors (Lipinski definition) is 5. The second kappa shape index (κ2) is 8.64. The van der Waals surface area contributed by atoms with E-state index < -0.39 is 4.92 Å². The van der Waals surface area contributed by atoms with Gasteiger partial charge in [-0.3, -0.25) is 24.5 Å². The van der Waals surface area contributed by atoms with Gasteiger partial charge in [-0.15, -0.1) is 0 Å². The maximum atomic E-state index is 12.9. The third-order valence-corrected chi connectivity index (χ3v) is 6.22. The minimum atomic E-state index is -0.469. The van der Waals surface area contributed by atoms with E-state index >= 15 is 0 Å². The van der Waals surface area contributed by atoms with Gasteiger partial charge in [0.05, 0.1) is 22.1 Å². The zero-order valence-electron chi connectivity index (χ0n) is 18.5. The lowest BCUT2D eigenvalue weighted by Crippen LogP contribution is -2.46. The van der Waals surface area contributed by atoms with E-state index in [0.717, 1.165) is 0 Å². The predicted octanol–water partition coefficient (Wildman–Crippen LogP) is 2.73. The van der Waals surface area contributed by atoms with Gasteiger partial charge in [-0.25, -0.2) is 0 Å².